The maximum absolute atomic E-state index is 14.7. The van der Waals surface area contributed by atoms with E-state index in [4.69, 9.17) is 4.74 Å². The predicted octanol–water partition coefficient (Wildman–Crippen LogP) is 6.76. The lowest BCUT2D eigenvalue weighted by Gasteiger charge is -2.21. The van der Waals surface area contributed by atoms with Gasteiger partial charge in [-0.05, 0) is 32.4 Å². The van der Waals surface area contributed by atoms with E-state index in [0.717, 1.165) is 58.7 Å². The van der Waals surface area contributed by atoms with E-state index >= 15 is 0 Å². The molecule has 4 nitrogen and oxygen atoms in total. The van der Waals surface area contributed by atoms with Crippen LogP contribution in [0.5, 0.6) is 5.75 Å². The van der Waals surface area contributed by atoms with Crippen molar-refractivity contribution in [3.05, 3.63) is 47.3 Å². The van der Waals surface area contributed by atoms with Gasteiger partial charge in [-0.2, -0.15) is 0 Å². The maximum Gasteiger partial charge on any atom is 0.241 e. The van der Waals surface area contributed by atoms with Gasteiger partial charge in [-0.3, -0.25) is 4.98 Å². The Kier molecular flexibility index (Phi) is 7.53. The van der Waals surface area contributed by atoms with Crippen LogP contribution in [0.15, 0.2) is 35.6 Å². The third kappa shape index (κ3) is 5.50. The Morgan fingerprint density at radius 3 is 2.76 bits per heavy atom. The zero-order valence-electron chi connectivity index (χ0n) is 17.7. The summed E-state index contributed by atoms with van der Waals surface area (Å²) in [6, 6.07) is 7.96. The molecule has 0 saturated carbocycles. The Bertz CT molecular complexity index is 910. The van der Waals surface area contributed by atoms with Gasteiger partial charge in [0.15, 0.2) is 5.16 Å². The molecular weight excluding hydrogens is 385 g/mol. The summed E-state index contributed by atoms with van der Waals surface area (Å²) in [4.78, 5) is 12.5. The smallest absolute Gasteiger partial charge is 0.241 e. The number of aromatic amines is 1. The molecular formula is C23H30FN3OS. The maximum atomic E-state index is 14.7. The molecule has 1 aromatic carbocycles. The Morgan fingerprint density at radius 1 is 1.21 bits per heavy atom. The number of H-pyrrole nitrogens is 1. The number of alkyl halides is 1. The molecule has 1 N–H and O–H groups in total. The van der Waals surface area contributed by atoms with Gasteiger partial charge in [0.1, 0.15) is 5.75 Å². The zero-order chi connectivity index (χ0) is 20.8. The van der Waals surface area contributed by atoms with Crippen LogP contribution in [0, 0.1) is 19.8 Å². The van der Waals surface area contributed by atoms with Crippen molar-refractivity contribution in [2.75, 3.05) is 0 Å². The van der Waals surface area contributed by atoms with Crippen molar-refractivity contribution in [1.82, 2.24) is 15.0 Å². The molecule has 0 aliphatic rings. The second-order valence-electron chi connectivity index (χ2n) is 7.63. The topological polar surface area (TPSA) is 50.8 Å². The number of unbranched alkanes of at least 4 members (excludes halogenated alkanes) is 2. The van der Waals surface area contributed by atoms with Gasteiger partial charge in [0.05, 0.1) is 16.7 Å². The van der Waals surface area contributed by atoms with E-state index in [9.17, 15) is 4.39 Å². The van der Waals surface area contributed by atoms with Crippen molar-refractivity contribution in [3.63, 3.8) is 0 Å². The molecule has 0 aliphatic carbocycles. The lowest BCUT2D eigenvalue weighted by Crippen LogP contribution is -2.21. The SMILES string of the molecule is CCCCCC(C)C(F)Oc1c(C)cnc(CSc2nc3ccccc3[nH]2)c1C. The molecule has 0 fully saturated rings. The second-order valence-corrected chi connectivity index (χ2v) is 8.60. The number of rotatable bonds is 10. The summed E-state index contributed by atoms with van der Waals surface area (Å²) in [5, 5.41) is 0.850. The minimum absolute atomic E-state index is 0.123. The third-order valence-corrected chi connectivity index (χ3v) is 6.08. The minimum atomic E-state index is -1.30. The quantitative estimate of drug-likeness (QED) is 0.294. The van der Waals surface area contributed by atoms with Crippen molar-refractivity contribution < 1.29 is 9.13 Å². The summed E-state index contributed by atoms with van der Waals surface area (Å²) >= 11 is 1.59. The van der Waals surface area contributed by atoms with Gasteiger partial charge in [-0.25, -0.2) is 9.37 Å². The van der Waals surface area contributed by atoms with E-state index < -0.39 is 6.36 Å². The van der Waals surface area contributed by atoms with Gasteiger partial charge in [-0.15, -0.1) is 0 Å². The van der Waals surface area contributed by atoms with Crippen LogP contribution in [0.25, 0.3) is 11.0 Å². The Balaban J connectivity index is 1.67. The Labute approximate surface area is 176 Å². The fourth-order valence-electron chi connectivity index (χ4n) is 3.29. The molecule has 29 heavy (non-hydrogen) atoms. The van der Waals surface area contributed by atoms with Gasteiger partial charge >= 0.3 is 0 Å². The van der Waals surface area contributed by atoms with E-state index in [1.165, 1.54) is 0 Å². The number of thioether (sulfide) groups is 1. The standard InChI is InChI=1S/C23H30FN3OS/c1-5-6-7-10-15(2)22(24)28-21-16(3)13-25-20(17(21)4)14-29-23-26-18-11-8-9-12-19(18)27-23/h8-9,11-13,15,22H,5-7,10,14H2,1-4H3,(H,26,27). The summed E-state index contributed by atoms with van der Waals surface area (Å²) < 4.78 is 20.5. The predicted molar refractivity (Wildman–Crippen MR) is 118 cm³/mol. The molecule has 3 aromatic rings. The van der Waals surface area contributed by atoms with Crippen molar-refractivity contribution in [1.29, 1.82) is 0 Å². The van der Waals surface area contributed by atoms with Gasteiger partial charge in [0.25, 0.3) is 0 Å². The molecule has 0 amide bonds. The first kappa shape index (κ1) is 21.6. The monoisotopic (exact) mass is 415 g/mol. The highest BCUT2D eigenvalue weighted by atomic mass is 32.2. The van der Waals surface area contributed by atoms with E-state index in [1.54, 1.807) is 18.0 Å². The van der Waals surface area contributed by atoms with Crippen molar-refractivity contribution in [2.24, 2.45) is 5.92 Å². The van der Waals surface area contributed by atoms with Gasteiger partial charge in [0.2, 0.25) is 6.36 Å². The molecule has 2 atom stereocenters. The lowest BCUT2D eigenvalue weighted by atomic mass is 10.0. The first-order valence-corrected chi connectivity index (χ1v) is 11.3. The van der Waals surface area contributed by atoms with Crippen LogP contribution in [-0.2, 0) is 5.75 Å². The summed E-state index contributed by atoms with van der Waals surface area (Å²) in [6.45, 7) is 7.95. The Hall–Kier alpha value is -2.08. The molecule has 0 spiro atoms. The number of nitrogens with one attached hydrogen (secondary N) is 1. The number of ether oxygens (including phenoxy) is 1. The summed E-state index contributed by atoms with van der Waals surface area (Å²) in [5.41, 5.74) is 4.62. The number of fused-ring (bicyclic) bond motifs is 1. The first-order chi connectivity index (χ1) is 14.0. The van der Waals surface area contributed by atoms with Crippen LogP contribution in [0.4, 0.5) is 4.39 Å². The van der Waals surface area contributed by atoms with Gasteiger partial charge in [0, 0.05) is 29.0 Å². The number of imidazole rings is 1. The molecule has 0 saturated heterocycles. The lowest BCUT2D eigenvalue weighted by molar-refractivity contribution is 0.0137. The van der Waals surface area contributed by atoms with E-state index in [2.05, 4.69) is 21.9 Å². The van der Waals surface area contributed by atoms with Crippen LogP contribution in [-0.4, -0.2) is 21.3 Å². The van der Waals surface area contributed by atoms with Crippen molar-refractivity contribution in [3.8, 4) is 5.75 Å². The molecule has 0 bridgehead atoms. The average Bonchev–Trinajstić information content (AvgIpc) is 3.13. The zero-order valence-corrected chi connectivity index (χ0v) is 18.5. The number of benzene rings is 1. The van der Waals surface area contributed by atoms with Crippen molar-refractivity contribution >= 4 is 22.8 Å². The fourth-order valence-corrected chi connectivity index (χ4v) is 4.20. The van der Waals surface area contributed by atoms with E-state index in [1.807, 2.05) is 45.0 Å². The Morgan fingerprint density at radius 2 is 2.00 bits per heavy atom. The molecule has 2 unspecified atom stereocenters. The first-order valence-electron chi connectivity index (χ1n) is 10.3. The molecule has 6 heteroatoms. The van der Waals surface area contributed by atoms with E-state index in [0.29, 0.717) is 11.5 Å². The number of pyridine rings is 1. The fraction of sp³-hybridized carbons (Fsp3) is 0.478. The number of aromatic nitrogens is 3. The average molecular weight is 416 g/mol. The number of halogens is 1. The summed E-state index contributed by atoms with van der Waals surface area (Å²) in [6.07, 6.45) is 4.61. The molecule has 3 rings (SSSR count). The molecule has 156 valence electrons. The molecule has 2 aromatic heterocycles. The highest BCUT2D eigenvalue weighted by Gasteiger charge is 2.21. The molecule has 0 aliphatic heterocycles. The molecule has 0 radical (unpaired) electrons. The van der Waals surface area contributed by atoms with Gasteiger partial charge < -0.3 is 9.72 Å². The number of hydrogen-bond donors (Lipinski definition) is 1. The van der Waals surface area contributed by atoms with Crippen LogP contribution in [0.2, 0.25) is 0 Å². The highest BCUT2D eigenvalue weighted by molar-refractivity contribution is 7.98. The summed E-state index contributed by atoms with van der Waals surface area (Å²) in [5.74, 6) is 1.14. The summed E-state index contributed by atoms with van der Waals surface area (Å²) in [7, 11) is 0. The number of aryl methyl sites for hydroxylation is 1. The van der Waals surface area contributed by atoms with E-state index in [-0.39, 0.29) is 5.92 Å². The number of nitrogens with zero attached hydrogens (tertiary/aromatic N) is 2. The minimum Gasteiger partial charge on any atom is -0.459 e. The van der Waals surface area contributed by atoms with Crippen LogP contribution >= 0.6 is 11.8 Å². The van der Waals surface area contributed by atoms with Crippen LogP contribution in [0.1, 0.15) is 56.4 Å². The third-order valence-electron chi connectivity index (χ3n) is 5.20. The molecule has 2 heterocycles. The van der Waals surface area contributed by atoms with Gasteiger partial charge in [-0.1, -0.05) is 57.0 Å². The van der Waals surface area contributed by atoms with Crippen molar-refractivity contribution in [2.45, 2.75) is 70.6 Å². The number of para-hydroxylation sites is 2. The van der Waals surface area contributed by atoms with Crippen LogP contribution in [0.3, 0.4) is 0 Å². The second kappa shape index (κ2) is 10.1. The largest absolute Gasteiger partial charge is 0.459 e. The normalized spacial score (nSPS) is 13.6. The number of hydrogen-bond acceptors (Lipinski definition) is 4. The van der Waals surface area contributed by atoms with Crippen LogP contribution < -0.4 is 4.74 Å². The highest BCUT2D eigenvalue weighted by Crippen LogP contribution is 2.31.